The molecule has 0 unspecified atom stereocenters. The predicted octanol–water partition coefficient (Wildman–Crippen LogP) is 1.25. The summed E-state index contributed by atoms with van der Waals surface area (Å²) < 4.78 is 15.5. The first kappa shape index (κ1) is 15.6. The van der Waals surface area contributed by atoms with Crippen LogP contribution in [0.5, 0.6) is 0 Å². The van der Waals surface area contributed by atoms with Crippen molar-refractivity contribution in [2.45, 2.75) is 37.5 Å². The molecule has 1 rings (SSSR count). The minimum absolute atomic E-state index is 0.415. The van der Waals surface area contributed by atoms with Crippen molar-refractivity contribution in [3.05, 3.63) is 10.4 Å². The lowest BCUT2D eigenvalue weighted by Crippen LogP contribution is -2.52. The van der Waals surface area contributed by atoms with Crippen LogP contribution >= 0.6 is 11.8 Å². The Morgan fingerprint density at radius 2 is 1.84 bits per heavy atom. The van der Waals surface area contributed by atoms with Crippen LogP contribution in [0.15, 0.2) is 5.11 Å². The molecule has 0 amide bonds. The maximum Gasteiger partial charge on any atom is 0.303 e. The lowest BCUT2D eigenvalue weighted by molar-refractivity contribution is -0.173. The Hall–Kier alpha value is -1.44. The highest BCUT2D eigenvalue weighted by molar-refractivity contribution is 7.99. The van der Waals surface area contributed by atoms with Gasteiger partial charge in [0.25, 0.3) is 0 Å². The highest BCUT2D eigenvalue weighted by Gasteiger charge is 2.44. The monoisotopic (exact) mass is 289 g/mol. The summed E-state index contributed by atoms with van der Waals surface area (Å²) in [5.41, 5.74) is 8.06. The van der Waals surface area contributed by atoms with Gasteiger partial charge in [-0.05, 0) is 5.53 Å². The molecule has 0 bridgehead atoms. The van der Waals surface area contributed by atoms with Gasteiger partial charge in [-0.25, -0.2) is 0 Å². The summed E-state index contributed by atoms with van der Waals surface area (Å²) in [4.78, 5) is 25.0. The molecule has 19 heavy (non-hydrogen) atoms. The van der Waals surface area contributed by atoms with E-state index in [2.05, 4.69) is 10.0 Å². The normalized spacial score (nSPS) is 30.1. The van der Waals surface area contributed by atoms with Crippen molar-refractivity contribution in [3.63, 3.8) is 0 Å². The summed E-state index contributed by atoms with van der Waals surface area (Å²) in [6.07, 6.45) is -1.65. The maximum absolute atomic E-state index is 11.1. The van der Waals surface area contributed by atoms with E-state index >= 15 is 0 Å². The second kappa shape index (κ2) is 7.22. The number of esters is 2. The molecule has 0 aromatic heterocycles. The van der Waals surface area contributed by atoms with Crippen molar-refractivity contribution in [3.8, 4) is 0 Å². The third-order valence-electron chi connectivity index (χ3n) is 2.44. The Bertz CT molecular complexity index is 399. The average molecular weight is 289 g/mol. The topological polar surface area (TPSA) is 111 Å². The molecule has 0 N–H and O–H groups in total. The van der Waals surface area contributed by atoms with Gasteiger partial charge in [0.1, 0.15) is 5.44 Å². The number of rotatable bonds is 4. The lowest BCUT2D eigenvalue weighted by Gasteiger charge is -2.38. The number of ether oxygens (including phenoxy) is 3. The van der Waals surface area contributed by atoms with Gasteiger partial charge in [0.15, 0.2) is 12.2 Å². The Labute approximate surface area is 114 Å². The van der Waals surface area contributed by atoms with Crippen molar-refractivity contribution in [2.24, 2.45) is 5.11 Å². The van der Waals surface area contributed by atoms with Gasteiger partial charge in [-0.1, -0.05) is 5.11 Å². The Morgan fingerprint density at radius 3 is 2.32 bits per heavy atom. The van der Waals surface area contributed by atoms with E-state index in [4.69, 9.17) is 19.7 Å². The summed E-state index contributed by atoms with van der Waals surface area (Å²) in [6, 6.07) is -0.602. The minimum atomic E-state index is -0.844. The van der Waals surface area contributed by atoms with Crippen LogP contribution in [0, 0.1) is 0 Å². The molecule has 1 fully saturated rings. The van der Waals surface area contributed by atoms with Crippen molar-refractivity contribution < 1.29 is 23.8 Å². The Balaban J connectivity index is 2.99. The standard InChI is InChI=1S/C10H15N3O5S/c1-5(14)17-8-7(12-13-11)4-19-10(16-3)9(8)18-6(2)15/h7-10H,4H2,1-3H3/t7-,8+,9-,10+/m1/s1. The molecule has 0 aromatic carbocycles. The van der Waals surface area contributed by atoms with Crippen LogP contribution in [-0.2, 0) is 23.8 Å². The molecule has 4 atom stereocenters. The average Bonchev–Trinajstić information content (AvgIpc) is 2.32. The Kier molecular flexibility index (Phi) is 5.94. The number of carbonyl (C=O) groups excluding carboxylic acids is 2. The molecule has 0 spiro atoms. The zero-order valence-electron chi connectivity index (χ0n) is 10.8. The number of nitrogens with zero attached hydrogens (tertiary/aromatic N) is 3. The van der Waals surface area contributed by atoms with Crippen LogP contribution in [0.3, 0.4) is 0 Å². The van der Waals surface area contributed by atoms with Crippen LogP contribution in [-0.4, -0.2) is 48.5 Å². The van der Waals surface area contributed by atoms with Gasteiger partial charge in [0, 0.05) is 31.6 Å². The minimum Gasteiger partial charge on any atom is -0.458 e. The van der Waals surface area contributed by atoms with E-state index < -0.39 is 35.6 Å². The van der Waals surface area contributed by atoms with E-state index in [1.165, 1.54) is 32.7 Å². The molecule has 0 saturated carbocycles. The summed E-state index contributed by atoms with van der Waals surface area (Å²) in [6.45, 7) is 2.49. The van der Waals surface area contributed by atoms with Gasteiger partial charge in [-0.15, -0.1) is 11.8 Å². The first-order valence-corrected chi connectivity index (χ1v) is 6.57. The van der Waals surface area contributed by atoms with Gasteiger partial charge >= 0.3 is 11.9 Å². The van der Waals surface area contributed by atoms with Crippen LogP contribution in [0.25, 0.3) is 10.4 Å². The van der Waals surface area contributed by atoms with Gasteiger partial charge in [0.05, 0.1) is 6.04 Å². The third kappa shape index (κ3) is 4.30. The molecule has 0 aliphatic carbocycles. The van der Waals surface area contributed by atoms with Crippen molar-refractivity contribution in [1.82, 2.24) is 0 Å². The first-order chi connectivity index (χ1) is 8.99. The quantitative estimate of drug-likeness (QED) is 0.333. The van der Waals surface area contributed by atoms with Gasteiger partial charge < -0.3 is 14.2 Å². The van der Waals surface area contributed by atoms with Crippen LogP contribution in [0.2, 0.25) is 0 Å². The molecule has 0 radical (unpaired) electrons. The van der Waals surface area contributed by atoms with Gasteiger partial charge in [-0.3, -0.25) is 9.59 Å². The van der Waals surface area contributed by atoms with Crippen LogP contribution in [0.1, 0.15) is 13.8 Å². The molecule has 1 aliphatic heterocycles. The second-order valence-corrected chi connectivity index (χ2v) is 4.99. The Morgan fingerprint density at radius 1 is 1.26 bits per heavy atom. The molecule has 1 saturated heterocycles. The molecule has 1 heterocycles. The lowest BCUT2D eigenvalue weighted by atomic mass is 10.1. The van der Waals surface area contributed by atoms with Gasteiger partial charge in [0.2, 0.25) is 0 Å². The number of azide groups is 1. The summed E-state index contributed by atoms with van der Waals surface area (Å²) in [5.74, 6) is -0.647. The summed E-state index contributed by atoms with van der Waals surface area (Å²) in [5, 5.41) is 3.58. The zero-order chi connectivity index (χ0) is 14.4. The van der Waals surface area contributed by atoms with E-state index in [0.717, 1.165) is 0 Å². The van der Waals surface area contributed by atoms with Gasteiger partial charge in [-0.2, -0.15) is 0 Å². The molecular formula is C10H15N3O5S. The smallest absolute Gasteiger partial charge is 0.303 e. The molecule has 9 heteroatoms. The van der Waals surface area contributed by atoms with Crippen molar-refractivity contribution in [1.29, 1.82) is 0 Å². The first-order valence-electron chi connectivity index (χ1n) is 5.52. The van der Waals surface area contributed by atoms with E-state index in [-0.39, 0.29) is 0 Å². The fraction of sp³-hybridized carbons (Fsp3) is 0.800. The van der Waals surface area contributed by atoms with Crippen molar-refractivity contribution in [2.75, 3.05) is 12.9 Å². The fourth-order valence-corrected chi connectivity index (χ4v) is 2.96. The number of methoxy groups -OCH3 is 1. The van der Waals surface area contributed by atoms with Crippen molar-refractivity contribution >= 4 is 23.7 Å². The number of hydrogen-bond acceptors (Lipinski definition) is 7. The van der Waals surface area contributed by atoms with Crippen LogP contribution < -0.4 is 0 Å². The molecule has 1 aliphatic rings. The zero-order valence-corrected chi connectivity index (χ0v) is 11.6. The highest BCUT2D eigenvalue weighted by Crippen LogP contribution is 2.32. The number of carbonyl (C=O) groups is 2. The summed E-state index contributed by atoms with van der Waals surface area (Å²) >= 11 is 1.34. The largest absolute Gasteiger partial charge is 0.458 e. The van der Waals surface area contributed by atoms with E-state index in [1.807, 2.05) is 0 Å². The van der Waals surface area contributed by atoms with E-state index in [0.29, 0.717) is 5.75 Å². The maximum atomic E-state index is 11.1. The predicted molar refractivity (Wildman–Crippen MR) is 67.3 cm³/mol. The molecular weight excluding hydrogens is 274 g/mol. The third-order valence-corrected chi connectivity index (χ3v) is 3.76. The van der Waals surface area contributed by atoms with E-state index in [1.54, 1.807) is 0 Å². The second-order valence-electron chi connectivity index (χ2n) is 3.86. The highest BCUT2D eigenvalue weighted by atomic mass is 32.2. The van der Waals surface area contributed by atoms with Crippen LogP contribution in [0.4, 0.5) is 0 Å². The SMILES string of the molecule is CO[C@H]1SC[C@@H](N=[N+]=[N-])[C@H](OC(C)=O)[C@H]1OC(C)=O. The number of hydrogen-bond donors (Lipinski definition) is 0. The summed E-state index contributed by atoms with van der Waals surface area (Å²) in [7, 11) is 1.47. The number of thioether (sulfide) groups is 1. The fourth-order valence-electron chi connectivity index (χ4n) is 1.78. The molecule has 0 aromatic rings. The molecule has 106 valence electrons. The molecule has 8 nitrogen and oxygen atoms in total. The van der Waals surface area contributed by atoms with E-state index in [9.17, 15) is 9.59 Å².